The molecule has 4 N–H and O–H groups in total. The lowest BCUT2D eigenvalue weighted by molar-refractivity contribution is 0.0945. The SMILES string of the molecule is N#Cc1cccc(CNC(=O)c2cnc(NN)cn2)c1. The van der Waals surface area contributed by atoms with E-state index in [0.29, 0.717) is 17.9 Å². The largest absolute Gasteiger partial charge is 0.347 e. The average Bonchev–Trinajstić information content (AvgIpc) is 2.53. The molecule has 100 valence electrons. The number of aromatic nitrogens is 2. The van der Waals surface area contributed by atoms with Gasteiger partial charge in [0.2, 0.25) is 0 Å². The van der Waals surface area contributed by atoms with Crippen LogP contribution in [0.2, 0.25) is 0 Å². The second-order valence-electron chi connectivity index (χ2n) is 3.93. The Morgan fingerprint density at radius 2 is 2.20 bits per heavy atom. The summed E-state index contributed by atoms with van der Waals surface area (Å²) < 4.78 is 0. The molecular formula is C13H12N6O. The van der Waals surface area contributed by atoms with Crippen LogP contribution in [-0.2, 0) is 6.54 Å². The van der Waals surface area contributed by atoms with E-state index in [1.165, 1.54) is 12.4 Å². The topological polar surface area (TPSA) is 117 Å². The molecule has 2 rings (SSSR count). The van der Waals surface area contributed by atoms with E-state index in [1.54, 1.807) is 18.2 Å². The molecule has 0 bridgehead atoms. The van der Waals surface area contributed by atoms with Crippen LogP contribution >= 0.6 is 0 Å². The van der Waals surface area contributed by atoms with Gasteiger partial charge in [-0.2, -0.15) is 5.26 Å². The number of nitrogen functional groups attached to an aromatic ring is 1. The number of benzene rings is 1. The maximum Gasteiger partial charge on any atom is 0.271 e. The number of anilines is 1. The maximum atomic E-state index is 11.8. The fourth-order valence-corrected chi connectivity index (χ4v) is 1.54. The number of hydrazine groups is 1. The molecule has 0 aliphatic carbocycles. The summed E-state index contributed by atoms with van der Waals surface area (Å²) in [4.78, 5) is 19.7. The highest BCUT2D eigenvalue weighted by atomic mass is 16.1. The van der Waals surface area contributed by atoms with Crippen LogP contribution < -0.4 is 16.6 Å². The normalized spacial score (nSPS) is 9.60. The van der Waals surface area contributed by atoms with Gasteiger partial charge in [-0.15, -0.1) is 0 Å². The number of nitriles is 1. The minimum absolute atomic E-state index is 0.195. The van der Waals surface area contributed by atoms with Crippen LogP contribution in [0.25, 0.3) is 0 Å². The van der Waals surface area contributed by atoms with E-state index in [-0.39, 0.29) is 11.6 Å². The number of carbonyl (C=O) groups excluding carboxylic acids is 1. The van der Waals surface area contributed by atoms with Crippen molar-refractivity contribution in [3.63, 3.8) is 0 Å². The van der Waals surface area contributed by atoms with Gasteiger partial charge in [0.05, 0.1) is 24.0 Å². The van der Waals surface area contributed by atoms with Crippen molar-refractivity contribution in [1.82, 2.24) is 15.3 Å². The average molecular weight is 268 g/mol. The molecule has 1 aromatic heterocycles. The van der Waals surface area contributed by atoms with Crippen molar-refractivity contribution in [3.05, 3.63) is 53.5 Å². The highest BCUT2D eigenvalue weighted by molar-refractivity contribution is 5.91. The molecule has 0 fully saturated rings. The molecule has 0 saturated heterocycles. The number of hydrogen-bond acceptors (Lipinski definition) is 6. The zero-order valence-corrected chi connectivity index (χ0v) is 10.5. The standard InChI is InChI=1S/C13H12N6O/c14-5-9-2-1-3-10(4-9)6-18-13(20)11-7-17-12(19-15)8-16-11/h1-4,7-8H,6,15H2,(H,17,19)(H,18,20). The number of nitrogens with two attached hydrogens (primary N) is 1. The van der Waals surface area contributed by atoms with Crippen molar-refractivity contribution in [1.29, 1.82) is 5.26 Å². The molecule has 0 radical (unpaired) electrons. The van der Waals surface area contributed by atoms with Crippen molar-refractivity contribution >= 4 is 11.7 Å². The molecule has 0 aliphatic heterocycles. The predicted molar refractivity (Wildman–Crippen MR) is 72.2 cm³/mol. The zero-order valence-electron chi connectivity index (χ0n) is 10.5. The molecule has 0 spiro atoms. The van der Waals surface area contributed by atoms with Crippen LogP contribution in [0, 0.1) is 11.3 Å². The fraction of sp³-hybridized carbons (Fsp3) is 0.0769. The number of hydrogen-bond donors (Lipinski definition) is 3. The second-order valence-corrected chi connectivity index (χ2v) is 3.93. The smallest absolute Gasteiger partial charge is 0.271 e. The molecule has 1 amide bonds. The van der Waals surface area contributed by atoms with Gasteiger partial charge in [0.1, 0.15) is 5.69 Å². The maximum absolute atomic E-state index is 11.8. The summed E-state index contributed by atoms with van der Waals surface area (Å²) in [6.45, 7) is 0.312. The Hall–Kier alpha value is -2.98. The first-order valence-corrected chi connectivity index (χ1v) is 5.79. The Bertz CT molecular complexity index is 647. The van der Waals surface area contributed by atoms with Gasteiger partial charge >= 0.3 is 0 Å². The number of amides is 1. The summed E-state index contributed by atoms with van der Waals surface area (Å²) in [5.74, 6) is 5.19. The van der Waals surface area contributed by atoms with Crippen LogP contribution in [0.4, 0.5) is 5.82 Å². The van der Waals surface area contributed by atoms with Gasteiger partial charge in [0.25, 0.3) is 5.91 Å². The van der Waals surface area contributed by atoms with E-state index >= 15 is 0 Å². The summed E-state index contributed by atoms with van der Waals surface area (Å²) in [5, 5.41) is 11.5. The third-order valence-corrected chi connectivity index (χ3v) is 2.54. The molecule has 7 nitrogen and oxygen atoms in total. The van der Waals surface area contributed by atoms with Crippen molar-refractivity contribution in [2.45, 2.75) is 6.54 Å². The van der Waals surface area contributed by atoms with Gasteiger partial charge in [-0.05, 0) is 17.7 Å². The lowest BCUT2D eigenvalue weighted by Crippen LogP contribution is -2.24. The number of nitrogens with zero attached hydrogens (tertiary/aromatic N) is 3. The quantitative estimate of drug-likeness (QED) is 0.551. The minimum Gasteiger partial charge on any atom is -0.347 e. The number of nitrogens with one attached hydrogen (secondary N) is 2. The summed E-state index contributed by atoms with van der Waals surface area (Å²) in [7, 11) is 0. The van der Waals surface area contributed by atoms with Gasteiger partial charge in [0.15, 0.2) is 5.82 Å². The first-order chi connectivity index (χ1) is 9.72. The van der Waals surface area contributed by atoms with Crippen LogP contribution in [0.15, 0.2) is 36.7 Å². The Balaban J connectivity index is 1.99. The molecular weight excluding hydrogens is 256 g/mol. The van der Waals surface area contributed by atoms with Crippen molar-refractivity contribution < 1.29 is 4.79 Å². The molecule has 0 saturated carbocycles. The number of rotatable bonds is 4. The third kappa shape index (κ3) is 3.28. The molecule has 20 heavy (non-hydrogen) atoms. The van der Waals surface area contributed by atoms with Crippen molar-refractivity contribution in [3.8, 4) is 6.07 Å². The van der Waals surface area contributed by atoms with Gasteiger partial charge in [-0.3, -0.25) is 4.79 Å². The molecule has 0 atom stereocenters. The Labute approximate surface area is 115 Å². The Morgan fingerprint density at radius 3 is 2.85 bits per heavy atom. The summed E-state index contributed by atoms with van der Waals surface area (Å²) in [5.41, 5.74) is 3.91. The highest BCUT2D eigenvalue weighted by Gasteiger charge is 2.07. The fourth-order valence-electron chi connectivity index (χ4n) is 1.54. The van der Waals surface area contributed by atoms with Gasteiger partial charge in [0, 0.05) is 6.54 Å². The van der Waals surface area contributed by atoms with E-state index in [4.69, 9.17) is 11.1 Å². The summed E-state index contributed by atoms with van der Waals surface area (Å²) >= 11 is 0. The third-order valence-electron chi connectivity index (χ3n) is 2.54. The molecule has 1 aromatic carbocycles. The van der Waals surface area contributed by atoms with Gasteiger partial charge < -0.3 is 10.7 Å². The molecule has 2 aromatic rings. The van der Waals surface area contributed by atoms with Gasteiger partial charge in [-0.25, -0.2) is 15.8 Å². The summed E-state index contributed by atoms with van der Waals surface area (Å²) in [6.07, 6.45) is 2.70. The predicted octanol–water partition coefficient (Wildman–Crippen LogP) is 0.564. The van der Waals surface area contributed by atoms with Crippen molar-refractivity contribution in [2.75, 3.05) is 5.43 Å². The lowest BCUT2D eigenvalue weighted by atomic mass is 10.1. The molecule has 1 heterocycles. The first-order valence-electron chi connectivity index (χ1n) is 5.79. The van der Waals surface area contributed by atoms with E-state index in [9.17, 15) is 4.79 Å². The van der Waals surface area contributed by atoms with E-state index in [2.05, 4.69) is 20.7 Å². The Morgan fingerprint density at radius 1 is 1.35 bits per heavy atom. The molecule has 0 aliphatic rings. The van der Waals surface area contributed by atoms with E-state index in [1.807, 2.05) is 12.1 Å². The van der Waals surface area contributed by atoms with Crippen molar-refractivity contribution in [2.24, 2.45) is 5.84 Å². The summed E-state index contributed by atoms with van der Waals surface area (Å²) in [6, 6.07) is 9.06. The highest BCUT2D eigenvalue weighted by Crippen LogP contribution is 2.04. The second kappa shape index (κ2) is 6.26. The molecule has 0 unspecified atom stereocenters. The first kappa shape index (κ1) is 13.5. The van der Waals surface area contributed by atoms with Gasteiger partial charge in [-0.1, -0.05) is 12.1 Å². The van der Waals surface area contributed by atoms with E-state index < -0.39 is 0 Å². The van der Waals surface area contributed by atoms with Crippen LogP contribution in [0.5, 0.6) is 0 Å². The van der Waals surface area contributed by atoms with E-state index in [0.717, 1.165) is 5.56 Å². The number of carbonyl (C=O) groups is 1. The van der Waals surface area contributed by atoms with Crippen LogP contribution in [0.3, 0.4) is 0 Å². The van der Waals surface area contributed by atoms with Crippen LogP contribution in [0.1, 0.15) is 21.6 Å². The Kier molecular flexibility index (Phi) is 4.21. The molecule has 7 heteroatoms. The monoisotopic (exact) mass is 268 g/mol. The zero-order chi connectivity index (χ0) is 14.4. The lowest BCUT2D eigenvalue weighted by Gasteiger charge is -2.05. The minimum atomic E-state index is -0.344. The van der Waals surface area contributed by atoms with Crippen LogP contribution in [-0.4, -0.2) is 15.9 Å².